The van der Waals surface area contributed by atoms with Crippen molar-refractivity contribution in [1.82, 2.24) is 19.0 Å². The number of pyridine rings is 1. The van der Waals surface area contributed by atoms with Crippen molar-refractivity contribution in [1.29, 1.82) is 5.26 Å². The zero-order chi connectivity index (χ0) is 28.1. The van der Waals surface area contributed by atoms with Crippen LogP contribution in [0, 0.1) is 11.3 Å². The molecule has 1 aliphatic rings. The van der Waals surface area contributed by atoms with E-state index in [2.05, 4.69) is 23.2 Å². The maximum atomic E-state index is 13.5. The zero-order valence-electron chi connectivity index (χ0n) is 23.5. The monoisotopic (exact) mass is 525 g/mol. The van der Waals surface area contributed by atoms with E-state index in [1.807, 2.05) is 65.0 Å². The fraction of sp³-hybridized carbons (Fsp3) is 0.419. The number of amides is 1. The second kappa shape index (κ2) is 9.57. The molecule has 0 N–H and O–H groups in total. The minimum atomic E-state index is -0.618. The van der Waals surface area contributed by atoms with Crippen LogP contribution in [-0.4, -0.2) is 43.8 Å². The summed E-state index contributed by atoms with van der Waals surface area (Å²) in [5, 5.41) is 10.4. The Morgan fingerprint density at radius 1 is 1.05 bits per heavy atom. The molecule has 0 aliphatic carbocycles. The number of nitrogens with zero attached hydrogens (tertiary/aromatic N) is 5. The van der Waals surface area contributed by atoms with Gasteiger partial charge in [-0.05, 0) is 88.8 Å². The number of piperidine rings is 1. The molecule has 0 unspecified atom stereocenters. The smallest absolute Gasteiger partial charge is 0.410 e. The summed E-state index contributed by atoms with van der Waals surface area (Å²) < 4.78 is 8.91. The molecule has 1 fully saturated rings. The Labute approximate surface area is 228 Å². The summed E-state index contributed by atoms with van der Waals surface area (Å²) in [5.41, 5.74) is 3.92. The van der Waals surface area contributed by atoms with Crippen LogP contribution in [0.5, 0.6) is 0 Å². The number of likely N-dealkylation sites (tertiary alicyclic amines) is 1. The lowest BCUT2D eigenvalue weighted by Crippen LogP contribution is -2.41. The number of carbonyl (C=O) groups is 1. The van der Waals surface area contributed by atoms with Crippen molar-refractivity contribution in [3.63, 3.8) is 0 Å². The predicted molar refractivity (Wildman–Crippen MR) is 152 cm³/mol. The summed E-state index contributed by atoms with van der Waals surface area (Å²) in [6, 6.07) is 16.2. The minimum absolute atomic E-state index is 0.150. The molecule has 202 valence electrons. The van der Waals surface area contributed by atoms with Crippen LogP contribution in [0.15, 0.2) is 53.5 Å². The second-order valence-electron chi connectivity index (χ2n) is 12.0. The van der Waals surface area contributed by atoms with E-state index >= 15 is 0 Å². The Bertz CT molecular complexity index is 1660. The van der Waals surface area contributed by atoms with Crippen molar-refractivity contribution in [2.45, 2.75) is 64.4 Å². The SMILES string of the molecule is Cn1c(=O)n(-c2ccc(C(C)(C)C#N)cc2)c2c3cc(C4CCN(C(=O)OC(C)(C)C)CC4)ccc3ncc21. The average molecular weight is 526 g/mol. The van der Waals surface area contributed by atoms with E-state index in [1.54, 1.807) is 27.3 Å². The van der Waals surface area contributed by atoms with Crippen molar-refractivity contribution in [3.05, 3.63) is 70.3 Å². The van der Waals surface area contributed by atoms with Crippen molar-refractivity contribution in [3.8, 4) is 11.8 Å². The fourth-order valence-corrected chi connectivity index (χ4v) is 5.32. The fourth-order valence-electron chi connectivity index (χ4n) is 5.32. The highest BCUT2D eigenvalue weighted by Gasteiger charge is 2.28. The Morgan fingerprint density at radius 3 is 2.33 bits per heavy atom. The van der Waals surface area contributed by atoms with E-state index in [1.165, 1.54) is 5.56 Å². The van der Waals surface area contributed by atoms with E-state index in [0.717, 1.165) is 46.0 Å². The lowest BCUT2D eigenvalue weighted by atomic mass is 9.86. The largest absolute Gasteiger partial charge is 0.444 e. The van der Waals surface area contributed by atoms with Gasteiger partial charge in [0.2, 0.25) is 0 Å². The molecule has 0 saturated carbocycles. The Balaban J connectivity index is 1.53. The maximum Gasteiger partial charge on any atom is 0.410 e. The molecule has 8 heteroatoms. The van der Waals surface area contributed by atoms with Crippen LogP contribution in [0.1, 0.15) is 64.5 Å². The quantitative estimate of drug-likeness (QED) is 0.337. The van der Waals surface area contributed by atoms with E-state index in [4.69, 9.17) is 4.74 Å². The number of imidazole rings is 1. The van der Waals surface area contributed by atoms with Gasteiger partial charge in [0.1, 0.15) is 5.60 Å². The van der Waals surface area contributed by atoms with Gasteiger partial charge in [-0.2, -0.15) is 5.26 Å². The van der Waals surface area contributed by atoms with Crippen molar-refractivity contribution in [2.75, 3.05) is 13.1 Å². The molecule has 3 heterocycles. The predicted octanol–water partition coefficient (Wildman–Crippen LogP) is 5.79. The van der Waals surface area contributed by atoms with E-state index in [9.17, 15) is 14.9 Å². The standard InChI is InChI=1S/C31H35N5O3/c1-30(2,3)39-29(38)35-15-13-20(14-16-35)21-7-12-25-24(17-21)27-26(18-33-25)34(6)28(37)36(27)23-10-8-22(9-11-23)31(4,5)19-32/h7-12,17-18,20H,13-16H2,1-6H3. The summed E-state index contributed by atoms with van der Waals surface area (Å²) in [5.74, 6) is 0.291. The van der Waals surface area contributed by atoms with Crippen LogP contribution in [-0.2, 0) is 17.2 Å². The van der Waals surface area contributed by atoms with Crippen molar-refractivity contribution in [2.24, 2.45) is 7.05 Å². The number of aryl methyl sites for hydroxylation is 1. The molecule has 4 aromatic rings. The lowest BCUT2D eigenvalue weighted by Gasteiger charge is -2.33. The molecule has 39 heavy (non-hydrogen) atoms. The normalized spacial score (nSPS) is 15.1. The van der Waals surface area contributed by atoms with Crippen LogP contribution in [0.3, 0.4) is 0 Å². The minimum Gasteiger partial charge on any atom is -0.444 e. The third-order valence-corrected chi connectivity index (χ3v) is 7.65. The number of fused-ring (bicyclic) bond motifs is 3. The summed E-state index contributed by atoms with van der Waals surface area (Å²) in [6.45, 7) is 10.7. The summed E-state index contributed by atoms with van der Waals surface area (Å²) in [4.78, 5) is 32.4. The number of carbonyl (C=O) groups excluding carboxylic acids is 1. The van der Waals surface area contributed by atoms with Crippen LogP contribution < -0.4 is 5.69 Å². The van der Waals surface area contributed by atoms with E-state index in [0.29, 0.717) is 19.0 Å². The Morgan fingerprint density at radius 2 is 1.72 bits per heavy atom. The number of hydrogen-bond acceptors (Lipinski definition) is 5. The first-order valence-electron chi connectivity index (χ1n) is 13.4. The van der Waals surface area contributed by atoms with Gasteiger partial charge in [-0.1, -0.05) is 18.2 Å². The van der Waals surface area contributed by atoms with Gasteiger partial charge in [-0.25, -0.2) is 9.59 Å². The third kappa shape index (κ3) is 4.89. The van der Waals surface area contributed by atoms with Crippen LogP contribution in [0.2, 0.25) is 0 Å². The number of nitriles is 1. The first-order chi connectivity index (χ1) is 18.4. The molecule has 1 amide bonds. The molecule has 1 saturated heterocycles. The second-order valence-corrected chi connectivity index (χ2v) is 12.0. The number of hydrogen-bond donors (Lipinski definition) is 0. The van der Waals surface area contributed by atoms with Crippen LogP contribution in [0.25, 0.3) is 27.6 Å². The summed E-state index contributed by atoms with van der Waals surface area (Å²) >= 11 is 0. The number of rotatable bonds is 3. The molecule has 0 atom stereocenters. The molecular formula is C31H35N5O3. The molecule has 1 aliphatic heterocycles. The summed E-state index contributed by atoms with van der Waals surface area (Å²) in [7, 11) is 1.76. The molecule has 0 spiro atoms. The molecule has 8 nitrogen and oxygen atoms in total. The van der Waals surface area contributed by atoms with Gasteiger partial charge in [0.15, 0.2) is 0 Å². The van der Waals surface area contributed by atoms with E-state index < -0.39 is 11.0 Å². The molecule has 2 aromatic carbocycles. The highest BCUT2D eigenvalue weighted by Crippen LogP contribution is 2.33. The number of benzene rings is 2. The lowest BCUT2D eigenvalue weighted by molar-refractivity contribution is 0.0205. The van der Waals surface area contributed by atoms with Crippen molar-refractivity contribution >= 4 is 28.0 Å². The van der Waals surface area contributed by atoms with Gasteiger partial charge in [-0.3, -0.25) is 14.1 Å². The molecule has 2 aromatic heterocycles. The van der Waals surface area contributed by atoms with Crippen LogP contribution >= 0.6 is 0 Å². The molecule has 0 radical (unpaired) electrons. The zero-order valence-corrected chi connectivity index (χ0v) is 23.5. The van der Waals surface area contributed by atoms with Gasteiger partial charge >= 0.3 is 11.8 Å². The highest BCUT2D eigenvalue weighted by atomic mass is 16.6. The van der Waals surface area contributed by atoms with Crippen LogP contribution in [0.4, 0.5) is 4.79 Å². The molecule has 0 bridgehead atoms. The Hall–Kier alpha value is -4.12. The third-order valence-electron chi connectivity index (χ3n) is 7.65. The number of ether oxygens (including phenoxy) is 1. The van der Waals surface area contributed by atoms with Gasteiger partial charge in [0, 0.05) is 25.5 Å². The average Bonchev–Trinajstić information content (AvgIpc) is 3.17. The van der Waals surface area contributed by atoms with Gasteiger partial charge in [-0.15, -0.1) is 0 Å². The molecular weight excluding hydrogens is 490 g/mol. The first kappa shape index (κ1) is 26.5. The topological polar surface area (TPSA) is 93.2 Å². The molecule has 5 rings (SSSR count). The Kier molecular flexibility index (Phi) is 6.50. The van der Waals surface area contributed by atoms with Gasteiger partial charge in [0.25, 0.3) is 0 Å². The highest BCUT2D eigenvalue weighted by molar-refractivity contribution is 6.03. The van der Waals surface area contributed by atoms with Gasteiger partial charge in [0.05, 0.1) is 39.9 Å². The van der Waals surface area contributed by atoms with Gasteiger partial charge < -0.3 is 9.64 Å². The number of aromatic nitrogens is 3. The van der Waals surface area contributed by atoms with Crippen molar-refractivity contribution < 1.29 is 9.53 Å². The van der Waals surface area contributed by atoms with E-state index in [-0.39, 0.29) is 11.8 Å². The maximum absolute atomic E-state index is 13.5. The first-order valence-corrected chi connectivity index (χ1v) is 13.4. The summed E-state index contributed by atoms with van der Waals surface area (Å²) in [6.07, 6.45) is 3.17.